The van der Waals surface area contributed by atoms with Gasteiger partial charge >= 0.3 is 12.0 Å². The third-order valence-electron chi connectivity index (χ3n) is 8.05. The molecule has 12 heteroatoms. The average Bonchev–Trinajstić information content (AvgIpc) is 3.68. The molecule has 2 aromatic heterocycles. The molecule has 12 nitrogen and oxygen atoms in total. The van der Waals surface area contributed by atoms with Crippen molar-refractivity contribution in [3.8, 4) is 5.75 Å². The van der Waals surface area contributed by atoms with Gasteiger partial charge in [0.25, 0.3) is 0 Å². The predicted octanol–water partition coefficient (Wildman–Crippen LogP) is 3.25. The number of ether oxygens (including phenoxy) is 1. The van der Waals surface area contributed by atoms with Crippen LogP contribution in [0.25, 0.3) is 21.9 Å². The molecular weight excluding hydrogens is 524 g/mol. The summed E-state index contributed by atoms with van der Waals surface area (Å²) in [6.07, 6.45) is 5.63. The van der Waals surface area contributed by atoms with E-state index in [0.29, 0.717) is 44.9 Å². The van der Waals surface area contributed by atoms with E-state index in [1.807, 2.05) is 12.1 Å². The molecule has 0 saturated carbocycles. The van der Waals surface area contributed by atoms with E-state index in [1.165, 1.54) is 0 Å². The topological polar surface area (TPSA) is 140 Å². The Bertz CT molecular complexity index is 1550. The number of aromatic nitrogens is 4. The second-order valence-corrected chi connectivity index (χ2v) is 10.5. The maximum absolute atomic E-state index is 12.6. The second-order valence-electron chi connectivity index (χ2n) is 10.5. The Hall–Kier alpha value is -4.61. The molecule has 0 bridgehead atoms. The molecule has 4 heterocycles. The number of nitrogens with one attached hydrogen (secondary N) is 2. The molecule has 0 aliphatic carbocycles. The van der Waals surface area contributed by atoms with E-state index >= 15 is 0 Å². The summed E-state index contributed by atoms with van der Waals surface area (Å²) in [4.78, 5) is 46.3. The molecule has 41 heavy (non-hydrogen) atoms. The fraction of sp³-hybridized carbons (Fsp3) is 0.414. The Morgan fingerprint density at radius 2 is 1.98 bits per heavy atom. The molecule has 4 aromatic rings. The van der Waals surface area contributed by atoms with Crippen LogP contribution in [-0.4, -0.2) is 93.4 Å². The van der Waals surface area contributed by atoms with Crippen LogP contribution in [0.3, 0.4) is 0 Å². The fourth-order valence-electron chi connectivity index (χ4n) is 5.74. The van der Waals surface area contributed by atoms with Gasteiger partial charge in [-0.2, -0.15) is 0 Å². The van der Waals surface area contributed by atoms with E-state index < -0.39 is 12.0 Å². The highest BCUT2D eigenvalue weighted by Gasteiger charge is 2.29. The zero-order valence-electron chi connectivity index (χ0n) is 23.0. The van der Waals surface area contributed by atoms with Gasteiger partial charge in [-0.3, -0.25) is 0 Å². The Balaban J connectivity index is 1.13. The number of imidazole rings is 1. The number of fused-ring (bicyclic) bond motifs is 2. The van der Waals surface area contributed by atoms with Crippen molar-refractivity contribution in [3.05, 3.63) is 49.1 Å². The Labute approximate surface area is 237 Å². The van der Waals surface area contributed by atoms with Gasteiger partial charge in [0.15, 0.2) is 11.5 Å². The van der Waals surface area contributed by atoms with Gasteiger partial charge in [-0.15, -0.1) is 0 Å². The van der Waals surface area contributed by atoms with Gasteiger partial charge in [0.2, 0.25) is 0 Å². The highest BCUT2D eigenvalue weighted by molar-refractivity contribution is 5.91. The highest BCUT2D eigenvalue weighted by Crippen LogP contribution is 2.32. The minimum absolute atomic E-state index is 0.183. The average molecular weight is 559 g/mol. The van der Waals surface area contributed by atoms with Gasteiger partial charge in [0.1, 0.15) is 30.2 Å². The molecular formula is C29H34N8O4. The maximum atomic E-state index is 12.6. The smallest absolute Gasteiger partial charge is 0.326 e. The molecule has 2 aliphatic rings. The van der Waals surface area contributed by atoms with E-state index in [-0.39, 0.29) is 12.1 Å². The summed E-state index contributed by atoms with van der Waals surface area (Å²) in [6, 6.07) is 11.4. The van der Waals surface area contributed by atoms with Crippen LogP contribution in [0, 0.1) is 0 Å². The lowest BCUT2D eigenvalue weighted by molar-refractivity contribution is -0.139. The first-order chi connectivity index (χ1) is 20.0. The number of piperazine rings is 1. The van der Waals surface area contributed by atoms with E-state index in [1.54, 1.807) is 24.5 Å². The number of carbonyl (C=O) groups is 2. The number of amides is 2. The van der Waals surface area contributed by atoms with Crippen molar-refractivity contribution in [2.24, 2.45) is 0 Å². The number of carboxylic acid groups (broad SMARTS) is 1. The van der Waals surface area contributed by atoms with Crippen molar-refractivity contribution in [1.82, 2.24) is 30.2 Å². The van der Waals surface area contributed by atoms with Crippen LogP contribution in [0.4, 0.5) is 16.3 Å². The number of nitrogens with zero attached hydrogens (tertiary/aromatic N) is 6. The lowest BCUT2D eigenvalue weighted by Gasteiger charge is -2.36. The monoisotopic (exact) mass is 558 g/mol. The number of rotatable bonds is 8. The molecule has 2 saturated heterocycles. The zero-order chi connectivity index (χ0) is 28.3. The molecule has 0 spiro atoms. The van der Waals surface area contributed by atoms with Crippen molar-refractivity contribution in [2.75, 3.05) is 49.1 Å². The molecule has 3 N–H and O–H groups in total. The van der Waals surface area contributed by atoms with E-state index in [0.717, 1.165) is 52.9 Å². The van der Waals surface area contributed by atoms with Gasteiger partial charge in [-0.25, -0.2) is 24.5 Å². The summed E-state index contributed by atoms with van der Waals surface area (Å²) in [5, 5.41) is 14.0. The molecule has 0 radical (unpaired) electrons. The molecule has 214 valence electrons. The molecule has 2 fully saturated rings. The van der Waals surface area contributed by atoms with Crippen molar-refractivity contribution in [3.63, 3.8) is 0 Å². The first-order valence-corrected chi connectivity index (χ1v) is 14.1. The van der Waals surface area contributed by atoms with Crippen LogP contribution in [0.5, 0.6) is 5.75 Å². The van der Waals surface area contributed by atoms with Crippen LogP contribution < -0.4 is 19.9 Å². The second kappa shape index (κ2) is 11.5. The summed E-state index contributed by atoms with van der Waals surface area (Å²) in [5.41, 5.74) is 2.57. The van der Waals surface area contributed by atoms with Crippen molar-refractivity contribution in [1.29, 1.82) is 0 Å². The number of hydrogen-bond acceptors (Lipinski definition) is 8. The van der Waals surface area contributed by atoms with Crippen molar-refractivity contribution >= 4 is 45.4 Å². The van der Waals surface area contributed by atoms with Gasteiger partial charge in [-0.05, 0) is 42.8 Å². The number of urea groups is 1. The Morgan fingerprint density at radius 1 is 1.12 bits per heavy atom. The Kier molecular flexibility index (Phi) is 7.45. The number of aromatic amines is 1. The predicted molar refractivity (Wildman–Crippen MR) is 156 cm³/mol. The minimum Gasteiger partial charge on any atom is -0.491 e. The molecule has 6 rings (SSSR count). The number of anilines is 2. The molecule has 2 aromatic carbocycles. The van der Waals surface area contributed by atoms with Crippen LogP contribution in [0.1, 0.15) is 26.2 Å². The van der Waals surface area contributed by atoms with Gasteiger partial charge < -0.3 is 34.8 Å². The van der Waals surface area contributed by atoms with Crippen LogP contribution >= 0.6 is 0 Å². The normalized spacial score (nSPS) is 18.2. The Morgan fingerprint density at radius 3 is 2.78 bits per heavy atom. The lowest BCUT2D eigenvalue weighted by atomic mass is 10.1. The lowest BCUT2D eigenvalue weighted by Crippen LogP contribution is -2.54. The third kappa shape index (κ3) is 5.41. The molecule has 2 aliphatic heterocycles. The van der Waals surface area contributed by atoms with E-state index in [4.69, 9.17) is 4.74 Å². The maximum Gasteiger partial charge on any atom is 0.326 e. The standard InChI is InChI=1S/C29H34N8O4/c1-2-23(28(38)39)34-29(40)36-13-11-35(12-14-36)20-9-8-19-5-3-7-24(22(19)15-20)41-16-21-6-4-10-37(21)27-25-26(31-17-30-25)32-18-33-27/h3,5,7-9,15,17-18,21,23H,2,4,6,10-14,16H2,1H3,(H,34,40)(H,38,39)(H,30,31,32,33)/t21-,23?/m1/s1. The number of carboxylic acids is 1. The number of carbonyl (C=O) groups excluding carboxylic acids is 1. The van der Waals surface area contributed by atoms with Crippen molar-refractivity contribution in [2.45, 2.75) is 38.3 Å². The molecule has 2 amide bonds. The van der Waals surface area contributed by atoms with Crippen molar-refractivity contribution < 1.29 is 19.4 Å². The summed E-state index contributed by atoms with van der Waals surface area (Å²) < 4.78 is 6.47. The number of hydrogen-bond donors (Lipinski definition) is 3. The summed E-state index contributed by atoms with van der Waals surface area (Å²) in [6.45, 7) is 5.52. The largest absolute Gasteiger partial charge is 0.491 e. The number of aliphatic carboxylic acids is 1. The highest BCUT2D eigenvalue weighted by atomic mass is 16.5. The third-order valence-corrected chi connectivity index (χ3v) is 8.05. The fourth-order valence-corrected chi connectivity index (χ4v) is 5.74. The first-order valence-electron chi connectivity index (χ1n) is 14.1. The van der Waals surface area contributed by atoms with Gasteiger partial charge in [0.05, 0.1) is 12.4 Å². The zero-order valence-corrected chi connectivity index (χ0v) is 23.0. The first kappa shape index (κ1) is 26.6. The summed E-state index contributed by atoms with van der Waals surface area (Å²) in [7, 11) is 0. The van der Waals surface area contributed by atoms with Crippen LogP contribution in [-0.2, 0) is 4.79 Å². The summed E-state index contributed by atoms with van der Waals surface area (Å²) >= 11 is 0. The van der Waals surface area contributed by atoms with Crippen LogP contribution in [0.2, 0.25) is 0 Å². The summed E-state index contributed by atoms with van der Waals surface area (Å²) in [5.74, 6) is 0.682. The number of benzene rings is 2. The minimum atomic E-state index is -1.02. The van der Waals surface area contributed by atoms with Crippen LogP contribution in [0.15, 0.2) is 49.1 Å². The molecule has 2 atom stereocenters. The van der Waals surface area contributed by atoms with E-state index in [2.05, 4.69) is 59.3 Å². The number of H-pyrrole nitrogens is 1. The quantitative estimate of drug-likeness (QED) is 0.297. The van der Waals surface area contributed by atoms with Gasteiger partial charge in [0, 0.05) is 43.8 Å². The van der Waals surface area contributed by atoms with E-state index in [9.17, 15) is 14.7 Å². The SMILES string of the molecule is CCC(NC(=O)N1CCN(c2ccc3cccc(OC[C@H]4CCCN4c4ncnc5nc[nH]c45)c3c2)CC1)C(=O)O. The molecule has 1 unspecified atom stereocenters. The van der Waals surface area contributed by atoms with Gasteiger partial charge in [-0.1, -0.05) is 25.1 Å².